The molecule has 0 saturated carbocycles. The number of aliphatic carboxylic acids is 1. The third-order valence-corrected chi connectivity index (χ3v) is 3.88. The molecule has 122 valence electrons. The molecule has 1 aliphatic rings. The molecule has 0 spiro atoms. The first kappa shape index (κ1) is 17.8. The number of likely N-dealkylation sites (tertiary alicyclic amines) is 1. The van der Waals surface area contributed by atoms with Gasteiger partial charge in [0, 0.05) is 13.1 Å². The highest BCUT2D eigenvalue weighted by Crippen LogP contribution is 2.30. The summed E-state index contributed by atoms with van der Waals surface area (Å²) in [7, 11) is 1.97. The van der Waals surface area contributed by atoms with Crippen molar-refractivity contribution in [2.24, 2.45) is 0 Å². The normalized spacial score (nSPS) is 24.2. The Kier molecular flexibility index (Phi) is 5.61. The summed E-state index contributed by atoms with van der Waals surface area (Å²) in [5.41, 5.74) is -1.80. The lowest BCUT2D eigenvalue weighted by Gasteiger charge is -2.40. The Hall–Kier alpha value is -1.30. The maximum Gasteiger partial charge on any atom is 0.411 e. The molecule has 1 N–H and O–H groups in total. The van der Waals surface area contributed by atoms with Crippen molar-refractivity contribution in [3.05, 3.63) is 0 Å². The minimum absolute atomic E-state index is 0.324. The molecule has 1 unspecified atom stereocenters. The molecular weight excluding hydrogens is 272 g/mol. The van der Waals surface area contributed by atoms with Gasteiger partial charge in [-0.25, -0.2) is 9.59 Å². The van der Waals surface area contributed by atoms with Crippen LogP contribution >= 0.6 is 0 Å². The SMILES string of the molecule is CCN(C(=O)OC(C)(C)C)C1(C(=O)O)CCCN(C)CC1. The monoisotopic (exact) mass is 300 g/mol. The van der Waals surface area contributed by atoms with E-state index < -0.39 is 23.2 Å². The molecular formula is C15H28N2O4. The fourth-order valence-corrected chi connectivity index (χ4v) is 2.78. The topological polar surface area (TPSA) is 70.1 Å². The fraction of sp³-hybridized carbons (Fsp3) is 0.867. The zero-order chi connectivity index (χ0) is 16.3. The molecule has 1 fully saturated rings. The number of ether oxygens (including phenoxy) is 1. The molecule has 6 heteroatoms. The van der Waals surface area contributed by atoms with E-state index >= 15 is 0 Å². The van der Waals surface area contributed by atoms with Crippen molar-refractivity contribution in [3.8, 4) is 0 Å². The van der Waals surface area contributed by atoms with Crippen molar-refractivity contribution in [2.75, 3.05) is 26.7 Å². The molecule has 1 atom stereocenters. The van der Waals surface area contributed by atoms with Crippen molar-refractivity contribution >= 4 is 12.1 Å². The van der Waals surface area contributed by atoms with E-state index in [1.165, 1.54) is 4.90 Å². The molecule has 0 bridgehead atoms. The van der Waals surface area contributed by atoms with Crippen LogP contribution in [0.1, 0.15) is 47.0 Å². The second kappa shape index (κ2) is 6.64. The molecule has 0 aromatic heterocycles. The van der Waals surface area contributed by atoms with Gasteiger partial charge in [-0.05, 0) is 60.5 Å². The Morgan fingerprint density at radius 3 is 2.38 bits per heavy atom. The van der Waals surface area contributed by atoms with E-state index in [0.717, 1.165) is 13.0 Å². The number of rotatable bonds is 3. The second-order valence-electron chi connectivity index (χ2n) is 6.72. The Labute approximate surface area is 127 Å². The van der Waals surface area contributed by atoms with Crippen molar-refractivity contribution in [2.45, 2.75) is 58.1 Å². The maximum absolute atomic E-state index is 12.4. The summed E-state index contributed by atoms with van der Waals surface area (Å²) in [5.74, 6) is -0.939. The standard InChI is InChI=1S/C15H28N2O4/c1-6-17(13(20)21-14(2,3)4)15(12(18)19)8-7-10-16(5)11-9-15/h6-11H2,1-5H3,(H,18,19). The van der Waals surface area contributed by atoms with E-state index in [0.29, 0.717) is 25.9 Å². The smallest absolute Gasteiger partial charge is 0.411 e. The van der Waals surface area contributed by atoms with Gasteiger partial charge in [0.2, 0.25) is 0 Å². The molecule has 0 aromatic carbocycles. The van der Waals surface area contributed by atoms with Crippen LogP contribution in [0.15, 0.2) is 0 Å². The van der Waals surface area contributed by atoms with Gasteiger partial charge in [0.15, 0.2) is 0 Å². The number of nitrogens with zero attached hydrogens (tertiary/aromatic N) is 2. The molecule has 1 heterocycles. The highest BCUT2D eigenvalue weighted by Gasteiger charge is 2.47. The number of carbonyl (C=O) groups excluding carboxylic acids is 1. The van der Waals surface area contributed by atoms with Crippen LogP contribution in [-0.4, -0.2) is 64.8 Å². The van der Waals surface area contributed by atoms with Crippen molar-refractivity contribution in [3.63, 3.8) is 0 Å². The minimum Gasteiger partial charge on any atom is -0.479 e. The summed E-state index contributed by atoms with van der Waals surface area (Å²) in [4.78, 5) is 27.9. The van der Waals surface area contributed by atoms with Crippen molar-refractivity contribution in [1.82, 2.24) is 9.80 Å². The highest BCUT2D eigenvalue weighted by atomic mass is 16.6. The first-order chi connectivity index (χ1) is 9.62. The number of carboxylic acid groups (broad SMARTS) is 1. The average molecular weight is 300 g/mol. The van der Waals surface area contributed by atoms with Gasteiger partial charge in [0.05, 0.1) is 0 Å². The first-order valence-corrected chi connectivity index (χ1v) is 7.55. The van der Waals surface area contributed by atoms with Gasteiger partial charge >= 0.3 is 12.1 Å². The van der Waals surface area contributed by atoms with Crippen LogP contribution in [0.2, 0.25) is 0 Å². The van der Waals surface area contributed by atoms with Crippen LogP contribution in [0.4, 0.5) is 4.79 Å². The van der Waals surface area contributed by atoms with Gasteiger partial charge in [-0.2, -0.15) is 0 Å². The highest BCUT2D eigenvalue weighted by molar-refractivity contribution is 5.84. The quantitative estimate of drug-likeness (QED) is 0.865. The van der Waals surface area contributed by atoms with Gasteiger partial charge in [-0.1, -0.05) is 0 Å². The predicted molar refractivity (Wildman–Crippen MR) is 80.3 cm³/mol. The van der Waals surface area contributed by atoms with Crippen molar-refractivity contribution in [1.29, 1.82) is 0 Å². The Morgan fingerprint density at radius 1 is 1.29 bits per heavy atom. The summed E-state index contributed by atoms with van der Waals surface area (Å²) in [6.07, 6.45) is 1.09. The lowest BCUT2D eigenvalue weighted by molar-refractivity contribution is -0.152. The fourth-order valence-electron chi connectivity index (χ4n) is 2.78. The van der Waals surface area contributed by atoms with Crippen LogP contribution in [-0.2, 0) is 9.53 Å². The van der Waals surface area contributed by atoms with Crippen LogP contribution in [0, 0.1) is 0 Å². The van der Waals surface area contributed by atoms with Gasteiger partial charge in [-0.3, -0.25) is 4.90 Å². The number of likely N-dealkylation sites (N-methyl/N-ethyl adjacent to an activating group) is 1. The number of hydrogen-bond donors (Lipinski definition) is 1. The van der Waals surface area contributed by atoms with Crippen LogP contribution < -0.4 is 0 Å². The van der Waals surface area contributed by atoms with Gasteiger partial charge in [-0.15, -0.1) is 0 Å². The third-order valence-electron chi connectivity index (χ3n) is 3.88. The van der Waals surface area contributed by atoms with E-state index in [9.17, 15) is 14.7 Å². The summed E-state index contributed by atoms with van der Waals surface area (Å²) < 4.78 is 5.40. The van der Waals surface area contributed by atoms with Crippen molar-refractivity contribution < 1.29 is 19.4 Å². The summed E-state index contributed by atoms with van der Waals surface area (Å²) in [6, 6.07) is 0. The lowest BCUT2D eigenvalue weighted by atomic mass is 9.88. The largest absolute Gasteiger partial charge is 0.479 e. The van der Waals surface area contributed by atoms with E-state index in [4.69, 9.17) is 4.74 Å². The molecule has 1 rings (SSSR count). The Balaban J connectivity index is 3.05. The molecule has 1 amide bonds. The number of hydrogen-bond acceptors (Lipinski definition) is 4. The molecule has 0 aromatic rings. The van der Waals surface area contributed by atoms with E-state index in [1.807, 2.05) is 7.05 Å². The van der Waals surface area contributed by atoms with Gasteiger partial charge in [0.1, 0.15) is 11.1 Å². The van der Waals surface area contributed by atoms with E-state index in [2.05, 4.69) is 4.90 Å². The Morgan fingerprint density at radius 2 is 1.90 bits per heavy atom. The molecule has 1 saturated heterocycles. The first-order valence-electron chi connectivity index (χ1n) is 7.55. The molecule has 0 radical (unpaired) electrons. The summed E-state index contributed by atoms with van der Waals surface area (Å²) >= 11 is 0. The lowest BCUT2D eigenvalue weighted by Crippen LogP contribution is -2.58. The summed E-state index contributed by atoms with van der Waals surface area (Å²) in [5, 5.41) is 9.78. The van der Waals surface area contributed by atoms with E-state index in [-0.39, 0.29) is 0 Å². The Bertz CT molecular complexity index is 392. The third kappa shape index (κ3) is 4.33. The maximum atomic E-state index is 12.4. The van der Waals surface area contributed by atoms with Gasteiger partial charge < -0.3 is 14.7 Å². The number of amides is 1. The van der Waals surface area contributed by atoms with Crippen LogP contribution in [0.25, 0.3) is 0 Å². The predicted octanol–water partition coefficient (Wildman–Crippen LogP) is 2.18. The molecule has 0 aliphatic carbocycles. The summed E-state index contributed by atoms with van der Waals surface area (Å²) in [6.45, 7) is 8.98. The molecule has 1 aliphatic heterocycles. The molecule has 21 heavy (non-hydrogen) atoms. The second-order valence-corrected chi connectivity index (χ2v) is 6.72. The van der Waals surface area contributed by atoms with E-state index in [1.54, 1.807) is 27.7 Å². The molecule has 6 nitrogen and oxygen atoms in total. The zero-order valence-electron chi connectivity index (χ0n) is 13.8. The minimum atomic E-state index is -1.16. The average Bonchev–Trinajstić information content (AvgIpc) is 2.51. The van der Waals surface area contributed by atoms with Crippen LogP contribution in [0.3, 0.4) is 0 Å². The zero-order valence-corrected chi connectivity index (χ0v) is 13.8. The number of carboxylic acids is 1. The number of carbonyl (C=O) groups is 2. The van der Waals surface area contributed by atoms with Crippen LogP contribution in [0.5, 0.6) is 0 Å². The van der Waals surface area contributed by atoms with Gasteiger partial charge in [0.25, 0.3) is 0 Å².